The van der Waals surface area contributed by atoms with Crippen molar-refractivity contribution < 1.29 is 4.79 Å². The number of nitrogen functional groups attached to an aromatic ring is 1. The van der Waals surface area contributed by atoms with Gasteiger partial charge in [-0.2, -0.15) is 0 Å². The second-order valence-corrected chi connectivity index (χ2v) is 6.01. The third kappa shape index (κ3) is 1.96. The number of hydrogen-bond donors (Lipinski definition) is 2. The number of likely N-dealkylation sites (tertiary alicyclic amines) is 1. The molecule has 108 valence electrons. The third-order valence-electron chi connectivity index (χ3n) is 4.77. The van der Waals surface area contributed by atoms with Crippen molar-refractivity contribution in [3.8, 4) is 0 Å². The Balaban J connectivity index is 1.74. The lowest BCUT2D eigenvalue weighted by Gasteiger charge is -2.26. The van der Waals surface area contributed by atoms with Gasteiger partial charge in [0.05, 0.1) is 0 Å². The first-order chi connectivity index (χ1) is 10.3. The van der Waals surface area contributed by atoms with Crippen LogP contribution in [0.4, 0.5) is 5.82 Å². The van der Waals surface area contributed by atoms with Crippen molar-refractivity contribution in [2.45, 2.75) is 25.3 Å². The molecule has 0 radical (unpaired) electrons. The molecule has 2 aromatic rings. The van der Waals surface area contributed by atoms with Gasteiger partial charge in [0.1, 0.15) is 11.5 Å². The van der Waals surface area contributed by atoms with Crippen LogP contribution in [0.5, 0.6) is 0 Å². The van der Waals surface area contributed by atoms with Crippen molar-refractivity contribution in [2.75, 3.05) is 12.0 Å². The van der Waals surface area contributed by atoms with E-state index in [-0.39, 0.29) is 5.91 Å². The Labute approximate surface area is 123 Å². The normalized spacial score (nSPS) is 23.8. The van der Waals surface area contributed by atoms with E-state index in [2.05, 4.69) is 10.4 Å². The van der Waals surface area contributed by atoms with Gasteiger partial charge in [-0.05, 0) is 36.6 Å². The summed E-state index contributed by atoms with van der Waals surface area (Å²) in [6.45, 7) is 0.878. The van der Waals surface area contributed by atoms with Gasteiger partial charge < -0.3 is 10.3 Å². The zero-order valence-electron chi connectivity index (χ0n) is 11.7. The number of carbonyl (C=O) groups is 1. The highest BCUT2D eigenvalue weighted by Crippen LogP contribution is 2.38. The number of amides is 1. The summed E-state index contributed by atoms with van der Waals surface area (Å²) >= 11 is 0. The minimum atomic E-state index is 0.0319. The van der Waals surface area contributed by atoms with Crippen molar-refractivity contribution in [1.29, 1.82) is 0 Å². The summed E-state index contributed by atoms with van der Waals surface area (Å²) in [5.74, 6) is 6.84. The molecular weight excluding hydrogens is 264 g/mol. The van der Waals surface area contributed by atoms with Crippen LogP contribution in [0, 0.1) is 5.92 Å². The van der Waals surface area contributed by atoms with Crippen molar-refractivity contribution in [3.63, 3.8) is 0 Å². The summed E-state index contributed by atoms with van der Waals surface area (Å²) < 4.78 is 0. The second kappa shape index (κ2) is 4.70. The molecule has 5 heteroatoms. The number of nitrogens with zero attached hydrogens (tertiary/aromatic N) is 2. The van der Waals surface area contributed by atoms with Crippen LogP contribution in [-0.2, 0) is 0 Å². The Bertz CT molecular complexity index is 714. The van der Waals surface area contributed by atoms with E-state index in [1.54, 1.807) is 0 Å². The molecular formula is C16H18N4O. The van der Waals surface area contributed by atoms with Gasteiger partial charge in [0.2, 0.25) is 0 Å². The number of aromatic nitrogens is 1. The van der Waals surface area contributed by atoms with E-state index in [0.29, 0.717) is 23.5 Å². The molecule has 1 saturated carbocycles. The van der Waals surface area contributed by atoms with Crippen LogP contribution in [0.1, 0.15) is 29.8 Å². The predicted molar refractivity (Wildman–Crippen MR) is 81.7 cm³/mol. The van der Waals surface area contributed by atoms with E-state index in [1.807, 2.05) is 35.2 Å². The first kappa shape index (κ1) is 12.6. The van der Waals surface area contributed by atoms with E-state index >= 15 is 0 Å². The quantitative estimate of drug-likeness (QED) is 0.654. The number of piperidine rings is 1. The van der Waals surface area contributed by atoms with E-state index in [4.69, 9.17) is 5.84 Å². The van der Waals surface area contributed by atoms with Crippen molar-refractivity contribution in [3.05, 3.63) is 36.0 Å². The molecule has 0 spiro atoms. The Morgan fingerprint density at radius 2 is 2.19 bits per heavy atom. The maximum absolute atomic E-state index is 12.7. The number of hydrogen-bond acceptors (Lipinski definition) is 4. The number of anilines is 1. The fraction of sp³-hybridized carbons (Fsp3) is 0.375. The number of rotatable bonds is 2. The summed E-state index contributed by atoms with van der Waals surface area (Å²) in [5.41, 5.74) is 3.09. The molecule has 1 aliphatic heterocycles. The fourth-order valence-corrected chi connectivity index (χ4v) is 3.74. The largest absolute Gasteiger partial charge is 0.334 e. The first-order valence-electron chi connectivity index (χ1n) is 7.43. The lowest BCUT2D eigenvalue weighted by Crippen LogP contribution is -2.38. The zero-order valence-corrected chi connectivity index (χ0v) is 11.7. The summed E-state index contributed by atoms with van der Waals surface area (Å²) in [5, 5.41) is 1.91. The smallest absolute Gasteiger partial charge is 0.272 e. The second-order valence-electron chi connectivity index (χ2n) is 6.01. The molecule has 2 heterocycles. The molecule has 21 heavy (non-hydrogen) atoms. The monoisotopic (exact) mass is 282 g/mol. The molecule has 1 aliphatic carbocycles. The van der Waals surface area contributed by atoms with Crippen molar-refractivity contribution in [2.24, 2.45) is 11.8 Å². The summed E-state index contributed by atoms with van der Waals surface area (Å²) in [7, 11) is 0. The van der Waals surface area contributed by atoms with Crippen LogP contribution in [-0.4, -0.2) is 28.4 Å². The Morgan fingerprint density at radius 3 is 2.90 bits per heavy atom. The molecule has 1 amide bonds. The average molecular weight is 282 g/mol. The minimum absolute atomic E-state index is 0.0319. The number of carbonyl (C=O) groups excluding carboxylic acids is 1. The molecule has 4 rings (SSSR count). The van der Waals surface area contributed by atoms with E-state index in [0.717, 1.165) is 30.2 Å². The van der Waals surface area contributed by atoms with Crippen molar-refractivity contribution >= 4 is 22.5 Å². The van der Waals surface area contributed by atoms with Crippen LogP contribution in [0.2, 0.25) is 0 Å². The summed E-state index contributed by atoms with van der Waals surface area (Å²) in [6.07, 6.45) is 3.54. The van der Waals surface area contributed by atoms with Gasteiger partial charge in [-0.1, -0.05) is 24.3 Å². The predicted octanol–water partition coefficient (Wildman–Crippen LogP) is 2.14. The highest BCUT2D eigenvalue weighted by Gasteiger charge is 2.40. The number of fused-ring (bicyclic) bond motifs is 3. The van der Waals surface area contributed by atoms with Gasteiger partial charge >= 0.3 is 0 Å². The van der Waals surface area contributed by atoms with E-state index < -0.39 is 0 Å². The van der Waals surface area contributed by atoms with Gasteiger partial charge in [-0.25, -0.2) is 10.8 Å². The number of pyridine rings is 1. The molecule has 2 fully saturated rings. The van der Waals surface area contributed by atoms with Crippen LogP contribution in [0.3, 0.4) is 0 Å². The lowest BCUT2D eigenvalue weighted by atomic mass is 10.1. The minimum Gasteiger partial charge on any atom is -0.334 e. The molecule has 5 nitrogen and oxygen atoms in total. The molecule has 3 N–H and O–H groups in total. The summed E-state index contributed by atoms with van der Waals surface area (Å²) in [4.78, 5) is 19.2. The van der Waals surface area contributed by atoms with Gasteiger partial charge in [-0.15, -0.1) is 0 Å². The van der Waals surface area contributed by atoms with Crippen LogP contribution < -0.4 is 11.3 Å². The van der Waals surface area contributed by atoms with E-state index in [1.165, 1.54) is 6.42 Å². The number of nitrogens with one attached hydrogen (secondary N) is 1. The zero-order chi connectivity index (χ0) is 14.4. The fourth-order valence-electron chi connectivity index (χ4n) is 3.74. The molecule has 2 aliphatic rings. The number of hydrazine groups is 1. The van der Waals surface area contributed by atoms with E-state index in [9.17, 15) is 4.79 Å². The Morgan fingerprint density at radius 1 is 1.33 bits per heavy atom. The lowest BCUT2D eigenvalue weighted by molar-refractivity contribution is 0.0698. The third-order valence-corrected chi connectivity index (χ3v) is 4.77. The van der Waals surface area contributed by atoms with Gasteiger partial charge in [-0.3, -0.25) is 4.79 Å². The standard InChI is InChI=1S/C16H18N4O/c17-19-15-13-4-2-1-3-11(13)8-14(18-15)16(21)20-9-10-5-6-12(20)7-10/h1-4,8,10,12H,5-7,9,17H2,(H,18,19). The van der Waals surface area contributed by atoms with Crippen LogP contribution in [0.15, 0.2) is 30.3 Å². The van der Waals surface area contributed by atoms with Crippen LogP contribution >= 0.6 is 0 Å². The molecule has 2 unspecified atom stereocenters. The SMILES string of the molecule is NNc1nc(C(=O)N2CC3CCC2C3)cc2ccccc12. The number of nitrogens with two attached hydrogens (primary N) is 1. The maximum atomic E-state index is 12.7. The topological polar surface area (TPSA) is 71.2 Å². The Kier molecular flexibility index (Phi) is 2.82. The van der Waals surface area contributed by atoms with Gasteiger partial charge in [0.25, 0.3) is 5.91 Å². The Hall–Kier alpha value is -2.14. The molecule has 1 aromatic carbocycles. The highest BCUT2D eigenvalue weighted by molar-refractivity contribution is 6.00. The van der Waals surface area contributed by atoms with Gasteiger partial charge in [0, 0.05) is 18.0 Å². The average Bonchev–Trinajstić information content (AvgIpc) is 3.16. The van der Waals surface area contributed by atoms with Crippen molar-refractivity contribution in [1.82, 2.24) is 9.88 Å². The molecule has 1 saturated heterocycles. The maximum Gasteiger partial charge on any atom is 0.272 e. The summed E-state index contributed by atoms with van der Waals surface area (Å²) in [6, 6.07) is 10.1. The molecule has 1 aromatic heterocycles. The molecule has 2 atom stereocenters. The first-order valence-corrected chi connectivity index (χ1v) is 7.43. The van der Waals surface area contributed by atoms with Gasteiger partial charge in [0.15, 0.2) is 0 Å². The number of benzene rings is 1. The molecule has 2 bridgehead atoms. The highest BCUT2D eigenvalue weighted by atomic mass is 16.2. The van der Waals surface area contributed by atoms with Crippen LogP contribution in [0.25, 0.3) is 10.8 Å².